The van der Waals surface area contributed by atoms with Crippen molar-refractivity contribution in [1.29, 1.82) is 0 Å². The van der Waals surface area contributed by atoms with Crippen LogP contribution in [0.15, 0.2) is 24.3 Å². The third kappa shape index (κ3) is 5.37. The first-order valence-electron chi connectivity index (χ1n) is 5.45. The first kappa shape index (κ1) is 14.8. The summed E-state index contributed by atoms with van der Waals surface area (Å²) in [5.74, 6) is -0.209. The minimum Gasteiger partial charge on any atom is -0.406 e. The lowest BCUT2D eigenvalue weighted by Gasteiger charge is -2.15. The van der Waals surface area contributed by atoms with Crippen molar-refractivity contribution in [1.82, 2.24) is 5.32 Å². The molecule has 1 atom stereocenters. The van der Waals surface area contributed by atoms with E-state index in [1.807, 2.05) is 7.05 Å². The van der Waals surface area contributed by atoms with Crippen LogP contribution in [0.2, 0.25) is 0 Å². The molecule has 1 aromatic rings. The van der Waals surface area contributed by atoms with Gasteiger partial charge in [0.25, 0.3) is 0 Å². The number of methoxy groups -OCH3 is 1. The van der Waals surface area contributed by atoms with Crippen molar-refractivity contribution in [2.75, 3.05) is 20.8 Å². The van der Waals surface area contributed by atoms with Crippen LogP contribution in [0.5, 0.6) is 5.75 Å². The fourth-order valence-corrected chi connectivity index (χ4v) is 1.56. The molecule has 18 heavy (non-hydrogen) atoms. The normalized spacial score (nSPS) is 13.4. The van der Waals surface area contributed by atoms with E-state index in [1.54, 1.807) is 19.2 Å². The Balaban J connectivity index is 2.59. The van der Waals surface area contributed by atoms with Crippen molar-refractivity contribution in [3.63, 3.8) is 0 Å². The van der Waals surface area contributed by atoms with Crippen molar-refractivity contribution in [2.45, 2.75) is 18.8 Å². The van der Waals surface area contributed by atoms with Gasteiger partial charge in [-0.15, -0.1) is 13.2 Å². The van der Waals surface area contributed by atoms with Crippen molar-refractivity contribution < 1.29 is 22.6 Å². The van der Waals surface area contributed by atoms with Gasteiger partial charge in [0, 0.05) is 13.2 Å². The van der Waals surface area contributed by atoms with E-state index < -0.39 is 6.36 Å². The number of rotatable bonds is 6. The van der Waals surface area contributed by atoms with Crippen LogP contribution in [0.3, 0.4) is 0 Å². The Morgan fingerprint density at radius 1 is 1.22 bits per heavy atom. The summed E-state index contributed by atoms with van der Waals surface area (Å²) < 4.78 is 44.7. The van der Waals surface area contributed by atoms with Crippen LogP contribution >= 0.6 is 0 Å². The Kier molecular flexibility index (Phi) is 5.43. The van der Waals surface area contributed by atoms with E-state index in [4.69, 9.17) is 4.74 Å². The second-order valence-electron chi connectivity index (χ2n) is 3.84. The van der Waals surface area contributed by atoms with Gasteiger partial charge in [-0.05, 0) is 31.2 Å². The third-order valence-corrected chi connectivity index (χ3v) is 2.42. The molecule has 0 saturated carbocycles. The SMILES string of the molecule is CNC(COC)Cc1ccc(OC(F)(F)F)cc1. The van der Waals surface area contributed by atoms with Gasteiger partial charge in [0.05, 0.1) is 6.61 Å². The summed E-state index contributed by atoms with van der Waals surface area (Å²) in [6.45, 7) is 0.539. The van der Waals surface area contributed by atoms with Crippen molar-refractivity contribution in [3.05, 3.63) is 29.8 Å². The first-order chi connectivity index (χ1) is 8.44. The number of nitrogens with one attached hydrogen (secondary N) is 1. The zero-order chi connectivity index (χ0) is 13.6. The predicted octanol–water partition coefficient (Wildman–Crippen LogP) is 2.36. The van der Waals surface area contributed by atoms with Gasteiger partial charge in [0.2, 0.25) is 0 Å². The zero-order valence-electron chi connectivity index (χ0n) is 10.3. The summed E-state index contributed by atoms with van der Waals surface area (Å²) in [4.78, 5) is 0. The summed E-state index contributed by atoms with van der Waals surface area (Å²) in [5, 5.41) is 3.07. The molecule has 1 N–H and O–H groups in total. The van der Waals surface area contributed by atoms with Gasteiger partial charge in [0.1, 0.15) is 5.75 Å². The van der Waals surface area contributed by atoms with Crippen LogP contribution in [0, 0.1) is 0 Å². The largest absolute Gasteiger partial charge is 0.573 e. The molecule has 0 aliphatic carbocycles. The van der Waals surface area contributed by atoms with E-state index in [-0.39, 0.29) is 11.8 Å². The third-order valence-electron chi connectivity index (χ3n) is 2.42. The molecular weight excluding hydrogens is 247 g/mol. The molecule has 0 bridgehead atoms. The van der Waals surface area contributed by atoms with Crippen molar-refractivity contribution >= 4 is 0 Å². The molecule has 0 spiro atoms. The number of likely N-dealkylation sites (N-methyl/N-ethyl adjacent to an activating group) is 1. The maximum atomic E-state index is 12.0. The minimum atomic E-state index is -4.65. The summed E-state index contributed by atoms with van der Waals surface area (Å²) in [5.41, 5.74) is 0.918. The Labute approximate surface area is 104 Å². The highest BCUT2D eigenvalue weighted by atomic mass is 19.4. The Bertz CT molecular complexity index is 351. The average molecular weight is 263 g/mol. The van der Waals surface area contributed by atoms with E-state index in [0.29, 0.717) is 13.0 Å². The Hall–Kier alpha value is -1.27. The standard InChI is InChI=1S/C12H16F3NO2/c1-16-10(8-17-2)7-9-3-5-11(6-4-9)18-12(13,14)15/h3-6,10,16H,7-8H2,1-2H3. The van der Waals surface area contributed by atoms with E-state index >= 15 is 0 Å². The molecule has 0 heterocycles. The van der Waals surface area contributed by atoms with Gasteiger partial charge >= 0.3 is 6.36 Å². The number of hydrogen-bond acceptors (Lipinski definition) is 3. The monoisotopic (exact) mass is 263 g/mol. The topological polar surface area (TPSA) is 30.5 Å². The number of benzene rings is 1. The first-order valence-corrected chi connectivity index (χ1v) is 5.45. The van der Waals surface area contributed by atoms with Crippen LogP contribution in [0.1, 0.15) is 5.56 Å². The molecule has 0 aliphatic heterocycles. The summed E-state index contributed by atoms with van der Waals surface area (Å²) in [6.07, 6.45) is -3.97. The van der Waals surface area contributed by atoms with Crippen molar-refractivity contribution in [2.24, 2.45) is 0 Å². The Morgan fingerprint density at radius 3 is 2.28 bits per heavy atom. The van der Waals surface area contributed by atoms with Gasteiger partial charge in [-0.2, -0.15) is 0 Å². The molecule has 3 nitrogen and oxygen atoms in total. The molecule has 0 saturated heterocycles. The highest BCUT2D eigenvalue weighted by Gasteiger charge is 2.30. The lowest BCUT2D eigenvalue weighted by atomic mass is 10.1. The molecule has 0 radical (unpaired) electrons. The lowest BCUT2D eigenvalue weighted by molar-refractivity contribution is -0.274. The molecule has 1 unspecified atom stereocenters. The van der Waals surface area contributed by atoms with E-state index in [1.165, 1.54) is 12.1 Å². The van der Waals surface area contributed by atoms with Gasteiger partial charge in [-0.1, -0.05) is 12.1 Å². The molecule has 1 rings (SSSR count). The van der Waals surface area contributed by atoms with E-state index in [2.05, 4.69) is 10.1 Å². The second-order valence-corrected chi connectivity index (χ2v) is 3.84. The van der Waals surface area contributed by atoms with Crippen LogP contribution < -0.4 is 10.1 Å². The van der Waals surface area contributed by atoms with Crippen LogP contribution in [0.25, 0.3) is 0 Å². The fourth-order valence-electron chi connectivity index (χ4n) is 1.56. The predicted molar refractivity (Wildman–Crippen MR) is 61.6 cm³/mol. The molecule has 102 valence electrons. The summed E-state index contributed by atoms with van der Waals surface area (Å²) in [7, 11) is 3.41. The summed E-state index contributed by atoms with van der Waals surface area (Å²) >= 11 is 0. The molecule has 0 amide bonds. The molecule has 0 fully saturated rings. The molecule has 1 aromatic carbocycles. The van der Waals surface area contributed by atoms with Crippen LogP contribution in [0.4, 0.5) is 13.2 Å². The number of ether oxygens (including phenoxy) is 2. The smallest absolute Gasteiger partial charge is 0.406 e. The summed E-state index contributed by atoms with van der Waals surface area (Å²) in [6, 6.07) is 5.97. The quantitative estimate of drug-likeness (QED) is 0.854. The molecule has 6 heteroatoms. The van der Waals surface area contributed by atoms with E-state index in [0.717, 1.165) is 5.56 Å². The lowest BCUT2D eigenvalue weighted by Crippen LogP contribution is -2.32. The maximum Gasteiger partial charge on any atom is 0.573 e. The zero-order valence-corrected chi connectivity index (χ0v) is 10.3. The molecular formula is C12H16F3NO2. The highest BCUT2D eigenvalue weighted by Crippen LogP contribution is 2.22. The van der Waals surface area contributed by atoms with Crippen LogP contribution in [-0.2, 0) is 11.2 Å². The van der Waals surface area contributed by atoms with Crippen molar-refractivity contribution in [3.8, 4) is 5.75 Å². The number of halogens is 3. The van der Waals surface area contributed by atoms with E-state index in [9.17, 15) is 13.2 Å². The average Bonchev–Trinajstić information content (AvgIpc) is 2.29. The number of hydrogen-bond donors (Lipinski definition) is 1. The molecule has 0 aromatic heterocycles. The van der Waals surface area contributed by atoms with Gasteiger partial charge in [0.15, 0.2) is 0 Å². The highest BCUT2D eigenvalue weighted by molar-refractivity contribution is 5.28. The van der Waals surface area contributed by atoms with Gasteiger partial charge in [-0.3, -0.25) is 0 Å². The fraction of sp³-hybridized carbons (Fsp3) is 0.500. The number of alkyl halides is 3. The minimum absolute atomic E-state index is 0.129. The maximum absolute atomic E-state index is 12.0. The van der Waals surface area contributed by atoms with Gasteiger partial charge < -0.3 is 14.8 Å². The Morgan fingerprint density at radius 2 is 1.83 bits per heavy atom. The van der Waals surface area contributed by atoms with Gasteiger partial charge in [-0.25, -0.2) is 0 Å². The molecule has 0 aliphatic rings. The second kappa shape index (κ2) is 6.61. The van der Waals surface area contributed by atoms with Crippen LogP contribution in [-0.4, -0.2) is 33.2 Å².